The van der Waals surface area contributed by atoms with E-state index in [1.165, 1.54) is 0 Å². The number of carbonyl (C=O) groups is 2. The molecule has 0 aliphatic carbocycles. The summed E-state index contributed by atoms with van der Waals surface area (Å²) in [6.45, 7) is 3.55. The van der Waals surface area contributed by atoms with Crippen LogP contribution >= 0.6 is 15.9 Å². The Morgan fingerprint density at radius 1 is 1.40 bits per heavy atom. The van der Waals surface area contributed by atoms with Gasteiger partial charge in [-0.15, -0.1) is 0 Å². The summed E-state index contributed by atoms with van der Waals surface area (Å²) in [5.41, 5.74) is 0.752. The van der Waals surface area contributed by atoms with Gasteiger partial charge in [0.2, 0.25) is 5.91 Å². The fourth-order valence-electron chi connectivity index (χ4n) is 2.44. The number of hydrogen-bond acceptors (Lipinski definition) is 3. The van der Waals surface area contributed by atoms with E-state index in [-0.39, 0.29) is 18.6 Å². The summed E-state index contributed by atoms with van der Waals surface area (Å²) in [6, 6.07) is 6.56. The highest BCUT2D eigenvalue weighted by molar-refractivity contribution is 9.10. The Morgan fingerprint density at radius 2 is 2.00 bits per heavy atom. The van der Waals surface area contributed by atoms with Gasteiger partial charge in [0.15, 0.2) is 6.10 Å². The minimum Gasteiger partial charge on any atom is -0.479 e. The van der Waals surface area contributed by atoms with Gasteiger partial charge in [0, 0.05) is 10.5 Å². The number of carbonyl (C=O) groups excluding carboxylic acids is 1. The number of ether oxygens (including phenoxy) is 1. The fourth-order valence-corrected chi connectivity index (χ4v) is 2.70. The van der Waals surface area contributed by atoms with Crippen LogP contribution in [0.2, 0.25) is 0 Å². The molecule has 1 aromatic rings. The third-order valence-electron chi connectivity index (χ3n) is 3.27. The van der Waals surface area contributed by atoms with E-state index in [1.54, 1.807) is 4.90 Å². The van der Waals surface area contributed by atoms with Crippen molar-refractivity contribution in [2.75, 3.05) is 6.61 Å². The zero-order valence-corrected chi connectivity index (χ0v) is 12.8. The Labute approximate surface area is 125 Å². The topological polar surface area (TPSA) is 66.8 Å². The van der Waals surface area contributed by atoms with E-state index in [4.69, 9.17) is 4.74 Å². The first-order chi connectivity index (χ1) is 9.41. The van der Waals surface area contributed by atoms with E-state index in [2.05, 4.69) is 15.9 Å². The number of amides is 1. The SMILES string of the molecule is CC(C)N1C(=O)COC(C(=O)O)C1c1ccc(Br)cc1. The number of carboxylic acid groups (broad SMARTS) is 1. The van der Waals surface area contributed by atoms with Crippen molar-refractivity contribution in [1.82, 2.24) is 4.90 Å². The fraction of sp³-hybridized carbons (Fsp3) is 0.429. The van der Waals surface area contributed by atoms with Crippen molar-refractivity contribution in [3.05, 3.63) is 34.3 Å². The van der Waals surface area contributed by atoms with Gasteiger partial charge >= 0.3 is 5.97 Å². The number of hydrogen-bond donors (Lipinski definition) is 1. The van der Waals surface area contributed by atoms with Crippen LogP contribution in [0.3, 0.4) is 0 Å². The predicted octanol–water partition coefficient (Wildman–Crippen LogP) is 2.21. The first-order valence-electron chi connectivity index (χ1n) is 6.33. The second-order valence-corrected chi connectivity index (χ2v) is 5.88. The number of morpholine rings is 1. The van der Waals surface area contributed by atoms with E-state index in [0.29, 0.717) is 0 Å². The van der Waals surface area contributed by atoms with Gasteiger partial charge in [-0.1, -0.05) is 28.1 Å². The summed E-state index contributed by atoms with van der Waals surface area (Å²) in [7, 11) is 0. The first kappa shape index (κ1) is 15.0. The van der Waals surface area contributed by atoms with Gasteiger partial charge in [-0.05, 0) is 31.5 Å². The van der Waals surface area contributed by atoms with Gasteiger partial charge in [0.1, 0.15) is 6.61 Å². The van der Waals surface area contributed by atoms with Gasteiger partial charge in [-0.2, -0.15) is 0 Å². The molecule has 0 radical (unpaired) electrons. The number of benzene rings is 1. The second kappa shape index (κ2) is 5.93. The Morgan fingerprint density at radius 3 is 2.50 bits per heavy atom. The summed E-state index contributed by atoms with van der Waals surface area (Å²) in [6.07, 6.45) is -1.05. The van der Waals surface area contributed by atoms with Gasteiger partial charge in [-0.3, -0.25) is 4.79 Å². The lowest BCUT2D eigenvalue weighted by Crippen LogP contribution is -2.54. The smallest absolute Gasteiger partial charge is 0.335 e. The summed E-state index contributed by atoms with van der Waals surface area (Å²) >= 11 is 3.34. The number of rotatable bonds is 3. The Bertz CT molecular complexity index is 514. The molecule has 2 atom stereocenters. The molecular weight excluding hydrogens is 326 g/mol. The van der Waals surface area contributed by atoms with Gasteiger partial charge in [0.05, 0.1) is 6.04 Å². The Balaban J connectivity index is 2.45. The van der Waals surface area contributed by atoms with Crippen molar-refractivity contribution in [2.45, 2.75) is 32.0 Å². The molecule has 2 unspecified atom stereocenters. The number of halogens is 1. The molecule has 0 aromatic heterocycles. The number of nitrogens with zero attached hydrogens (tertiary/aromatic N) is 1. The molecule has 1 aliphatic rings. The molecular formula is C14H16BrNO4. The Kier molecular flexibility index (Phi) is 4.45. The van der Waals surface area contributed by atoms with Crippen LogP contribution in [0, 0.1) is 0 Å². The molecule has 1 amide bonds. The van der Waals surface area contributed by atoms with Gasteiger partial charge < -0.3 is 14.7 Å². The third kappa shape index (κ3) is 2.86. The van der Waals surface area contributed by atoms with Crippen LogP contribution in [0.25, 0.3) is 0 Å². The van der Waals surface area contributed by atoms with Crippen LogP contribution in [-0.2, 0) is 14.3 Å². The van der Waals surface area contributed by atoms with Crippen LogP contribution < -0.4 is 0 Å². The third-order valence-corrected chi connectivity index (χ3v) is 3.80. The molecule has 20 heavy (non-hydrogen) atoms. The van der Waals surface area contributed by atoms with Crippen molar-refractivity contribution in [3.63, 3.8) is 0 Å². The second-order valence-electron chi connectivity index (χ2n) is 4.96. The maximum atomic E-state index is 12.1. The average molecular weight is 342 g/mol. The van der Waals surface area contributed by atoms with Gasteiger partial charge in [-0.25, -0.2) is 4.79 Å². The van der Waals surface area contributed by atoms with Gasteiger partial charge in [0.25, 0.3) is 0 Å². The van der Waals surface area contributed by atoms with Crippen LogP contribution in [-0.4, -0.2) is 40.6 Å². The lowest BCUT2D eigenvalue weighted by Gasteiger charge is -2.41. The summed E-state index contributed by atoms with van der Waals surface area (Å²) in [5.74, 6) is -1.25. The van der Waals surface area contributed by atoms with Crippen LogP contribution in [0.4, 0.5) is 0 Å². The summed E-state index contributed by atoms with van der Waals surface area (Å²) in [5, 5.41) is 9.34. The lowest BCUT2D eigenvalue weighted by atomic mass is 9.96. The molecule has 2 rings (SSSR count). The maximum Gasteiger partial charge on any atom is 0.335 e. The highest BCUT2D eigenvalue weighted by Gasteiger charge is 2.42. The zero-order valence-electron chi connectivity index (χ0n) is 11.2. The monoisotopic (exact) mass is 341 g/mol. The normalized spacial score (nSPS) is 23.2. The van der Waals surface area contributed by atoms with Crippen LogP contribution in [0.1, 0.15) is 25.5 Å². The van der Waals surface area contributed by atoms with Crippen molar-refractivity contribution >= 4 is 27.8 Å². The molecule has 6 heteroatoms. The molecule has 1 aliphatic heterocycles. The molecule has 0 bridgehead atoms. The predicted molar refractivity (Wildman–Crippen MR) is 76.2 cm³/mol. The summed E-state index contributed by atoms with van der Waals surface area (Å²) < 4.78 is 6.12. The standard InChI is InChI=1S/C14H16BrNO4/c1-8(2)16-11(17)7-20-13(14(18)19)12(16)9-3-5-10(15)6-4-9/h3-6,8,12-13H,7H2,1-2H3,(H,18,19). The first-order valence-corrected chi connectivity index (χ1v) is 7.12. The Hall–Kier alpha value is -1.40. The van der Waals surface area contributed by atoms with E-state index in [9.17, 15) is 14.7 Å². The van der Waals surface area contributed by atoms with Crippen molar-refractivity contribution in [2.24, 2.45) is 0 Å². The number of carboxylic acids is 1. The minimum atomic E-state index is -1.06. The van der Waals surface area contributed by atoms with E-state index in [1.807, 2.05) is 38.1 Å². The zero-order chi connectivity index (χ0) is 14.9. The van der Waals surface area contributed by atoms with Crippen molar-refractivity contribution < 1.29 is 19.4 Å². The molecule has 1 N–H and O–H groups in total. The highest BCUT2D eigenvalue weighted by atomic mass is 79.9. The quantitative estimate of drug-likeness (QED) is 0.915. The maximum absolute atomic E-state index is 12.1. The molecule has 1 fully saturated rings. The largest absolute Gasteiger partial charge is 0.479 e. The van der Waals surface area contributed by atoms with Crippen LogP contribution in [0.5, 0.6) is 0 Å². The minimum absolute atomic E-state index is 0.0955. The molecule has 0 spiro atoms. The molecule has 1 saturated heterocycles. The van der Waals surface area contributed by atoms with E-state index < -0.39 is 18.1 Å². The average Bonchev–Trinajstić information content (AvgIpc) is 2.38. The van der Waals surface area contributed by atoms with E-state index >= 15 is 0 Å². The molecule has 5 nitrogen and oxygen atoms in total. The lowest BCUT2D eigenvalue weighted by molar-refractivity contribution is -0.175. The van der Waals surface area contributed by atoms with Crippen molar-refractivity contribution in [1.29, 1.82) is 0 Å². The molecule has 1 aromatic carbocycles. The summed E-state index contributed by atoms with van der Waals surface area (Å²) in [4.78, 5) is 25.0. The van der Waals surface area contributed by atoms with Crippen LogP contribution in [0.15, 0.2) is 28.7 Å². The molecule has 0 saturated carbocycles. The van der Waals surface area contributed by atoms with E-state index in [0.717, 1.165) is 10.0 Å². The highest BCUT2D eigenvalue weighted by Crippen LogP contribution is 2.32. The molecule has 108 valence electrons. The number of aliphatic carboxylic acids is 1. The van der Waals surface area contributed by atoms with Crippen molar-refractivity contribution in [3.8, 4) is 0 Å². The molecule has 1 heterocycles.